The van der Waals surface area contributed by atoms with Crippen molar-refractivity contribution in [1.29, 1.82) is 0 Å². The van der Waals surface area contributed by atoms with Gasteiger partial charge in [0.1, 0.15) is 5.82 Å². The maximum Gasteiger partial charge on any atom is 0.338 e. The number of carbonyl (C=O) groups is 1. The Balaban J connectivity index is 2.48. The summed E-state index contributed by atoms with van der Waals surface area (Å²) in [6.07, 6.45) is 0. The Labute approximate surface area is 102 Å². The molecule has 0 saturated heterocycles. The van der Waals surface area contributed by atoms with Crippen LogP contribution in [0.2, 0.25) is 5.02 Å². The van der Waals surface area contributed by atoms with E-state index in [4.69, 9.17) is 16.7 Å². The van der Waals surface area contributed by atoms with Crippen molar-refractivity contribution in [2.75, 3.05) is 0 Å². The second-order valence-corrected chi connectivity index (χ2v) is 3.95. The van der Waals surface area contributed by atoms with E-state index in [0.29, 0.717) is 10.6 Å². The van der Waals surface area contributed by atoms with Gasteiger partial charge in [-0.2, -0.15) is 0 Å². The molecule has 2 aromatic carbocycles. The van der Waals surface area contributed by atoms with E-state index in [-0.39, 0.29) is 5.56 Å². The van der Waals surface area contributed by atoms with Crippen LogP contribution in [0.4, 0.5) is 4.39 Å². The number of rotatable bonds is 2. The molecule has 0 saturated carbocycles. The topological polar surface area (TPSA) is 37.3 Å². The van der Waals surface area contributed by atoms with Crippen LogP contribution in [0.25, 0.3) is 11.1 Å². The van der Waals surface area contributed by atoms with E-state index in [1.54, 1.807) is 30.3 Å². The van der Waals surface area contributed by atoms with E-state index in [2.05, 4.69) is 0 Å². The standard InChI is InChI=1S/C13H8ClFO2/c14-10-3-1-2-8(6-10)9-4-5-11(13(16)17)12(15)7-9/h1-7H,(H,16,17). The van der Waals surface area contributed by atoms with Crippen molar-refractivity contribution in [3.8, 4) is 11.1 Å². The molecule has 17 heavy (non-hydrogen) atoms. The minimum Gasteiger partial charge on any atom is -0.478 e. The van der Waals surface area contributed by atoms with Crippen LogP contribution in [0.3, 0.4) is 0 Å². The van der Waals surface area contributed by atoms with Gasteiger partial charge in [0.05, 0.1) is 5.56 Å². The fourth-order valence-electron chi connectivity index (χ4n) is 1.54. The molecule has 0 heterocycles. The minimum atomic E-state index is -1.28. The molecule has 0 amide bonds. The monoisotopic (exact) mass is 250 g/mol. The zero-order valence-corrected chi connectivity index (χ0v) is 9.41. The van der Waals surface area contributed by atoms with E-state index in [0.717, 1.165) is 5.56 Å². The van der Waals surface area contributed by atoms with Crippen molar-refractivity contribution < 1.29 is 14.3 Å². The predicted molar refractivity (Wildman–Crippen MR) is 63.8 cm³/mol. The van der Waals surface area contributed by atoms with Crippen molar-refractivity contribution in [1.82, 2.24) is 0 Å². The summed E-state index contributed by atoms with van der Waals surface area (Å²) in [6.45, 7) is 0. The first-order chi connectivity index (χ1) is 8.08. The molecule has 2 aromatic rings. The number of hydrogen-bond donors (Lipinski definition) is 1. The van der Waals surface area contributed by atoms with Crippen LogP contribution < -0.4 is 0 Å². The molecule has 2 rings (SSSR count). The number of hydrogen-bond acceptors (Lipinski definition) is 1. The second-order valence-electron chi connectivity index (χ2n) is 3.51. The number of carboxylic acid groups (broad SMARTS) is 1. The molecule has 0 unspecified atom stereocenters. The zero-order valence-electron chi connectivity index (χ0n) is 8.65. The van der Waals surface area contributed by atoms with E-state index >= 15 is 0 Å². The second kappa shape index (κ2) is 4.55. The fourth-order valence-corrected chi connectivity index (χ4v) is 1.73. The number of benzene rings is 2. The maximum absolute atomic E-state index is 13.5. The molecule has 0 aliphatic heterocycles. The summed E-state index contributed by atoms with van der Waals surface area (Å²) in [5, 5.41) is 9.26. The first kappa shape index (κ1) is 11.6. The molecule has 86 valence electrons. The van der Waals surface area contributed by atoms with Crippen LogP contribution in [0.15, 0.2) is 42.5 Å². The van der Waals surface area contributed by atoms with Gasteiger partial charge in [-0.15, -0.1) is 0 Å². The van der Waals surface area contributed by atoms with Crippen LogP contribution in [-0.4, -0.2) is 11.1 Å². The van der Waals surface area contributed by atoms with E-state index in [9.17, 15) is 9.18 Å². The Morgan fingerprint density at radius 3 is 2.41 bits per heavy atom. The van der Waals surface area contributed by atoms with Gasteiger partial charge >= 0.3 is 5.97 Å². The number of carboxylic acids is 1. The van der Waals surface area contributed by atoms with Gasteiger partial charge in [0, 0.05) is 5.02 Å². The Bertz CT molecular complexity index is 581. The highest BCUT2D eigenvalue weighted by atomic mass is 35.5. The molecule has 4 heteroatoms. The van der Waals surface area contributed by atoms with Crippen LogP contribution in [0.5, 0.6) is 0 Å². The van der Waals surface area contributed by atoms with Crippen LogP contribution in [-0.2, 0) is 0 Å². The molecule has 0 spiro atoms. The Morgan fingerprint density at radius 1 is 1.12 bits per heavy atom. The quantitative estimate of drug-likeness (QED) is 0.879. The average Bonchev–Trinajstić information content (AvgIpc) is 2.28. The van der Waals surface area contributed by atoms with Gasteiger partial charge in [0.25, 0.3) is 0 Å². The smallest absolute Gasteiger partial charge is 0.338 e. The summed E-state index contributed by atoms with van der Waals surface area (Å²) in [6, 6.07) is 10.9. The van der Waals surface area contributed by atoms with Gasteiger partial charge in [0.2, 0.25) is 0 Å². The predicted octanol–water partition coefficient (Wildman–Crippen LogP) is 3.84. The van der Waals surface area contributed by atoms with Gasteiger partial charge < -0.3 is 5.11 Å². The van der Waals surface area contributed by atoms with E-state index in [1.807, 2.05) is 0 Å². The highest BCUT2D eigenvalue weighted by Crippen LogP contribution is 2.24. The van der Waals surface area contributed by atoms with Crippen LogP contribution >= 0.6 is 11.6 Å². The lowest BCUT2D eigenvalue weighted by Crippen LogP contribution is -2.00. The van der Waals surface area contributed by atoms with Gasteiger partial charge in [-0.05, 0) is 35.4 Å². The van der Waals surface area contributed by atoms with Crippen LogP contribution in [0, 0.1) is 5.82 Å². The lowest BCUT2D eigenvalue weighted by Gasteiger charge is -2.04. The van der Waals surface area contributed by atoms with E-state index < -0.39 is 11.8 Å². The highest BCUT2D eigenvalue weighted by molar-refractivity contribution is 6.30. The van der Waals surface area contributed by atoms with Crippen molar-refractivity contribution >= 4 is 17.6 Å². The maximum atomic E-state index is 13.5. The lowest BCUT2D eigenvalue weighted by atomic mass is 10.0. The third-order valence-electron chi connectivity index (χ3n) is 2.36. The van der Waals surface area contributed by atoms with E-state index in [1.165, 1.54) is 12.1 Å². The summed E-state index contributed by atoms with van der Waals surface area (Å²) < 4.78 is 13.5. The minimum absolute atomic E-state index is 0.337. The normalized spacial score (nSPS) is 10.2. The molecular formula is C13H8ClFO2. The summed E-state index contributed by atoms with van der Waals surface area (Å²) in [5.74, 6) is -2.03. The third-order valence-corrected chi connectivity index (χ3v) is 2.59. The SMILES string of the molecule is O=C(O)c1ccc(-c2cccc(Cl)c2)cc1F. The largest absolute Gasteiger partial charge is 0.478 e. The molecule has 0 aromatic heterocycles. The molecule has 0 aliphatic carbocycles. The molecule has 0 aliphatic rings. The summed E-state index contributed by atoms with van der Waals surface area (Å²) >= 11 is 5.83. The van der Waals surface area contributed by atoms with Gasteiger partial charge in [-0.25, -0.2) is 9.18 Å². The summed E-state index contributed by atoms with van der Waals surface area (Å²) in [7, 11) is 0. The molecule has 0 fully saturated rings. The first-order valence-corrected chi connectivity index (χ1v) is 5.24. The van der Waals surface area contributed by atoms with Crippen molar-refractivity contribution in [3.05, 3.63) is 58.9 Å². The molecule has 1 N–H and O–H groups in total. The molecule has 0 bridgehead atoms. The number of halogens is 2. The van der Waals surface area contributed by atoms with Gasteiger partial charge in [-0.3, -0.25) is 0 Å². The number of aromatic carboxylic acids is 1. The van der Waals surface area contributed by atoms with Gasteiger partial charge in [-0.1, -0.05) is 29.8 Å². The Kier molecular flexibility index (Phi) is 3.11. The van der Waals surface area contributed by atoms with Gasteiger partial charge in [0.15, 0.2) is 0 Å². The first-order valence-electron chi connectivity index (χ1n) is 4.87. The lowest BCUT2D eigenvalue weighted by molar-refractivity contribution is 0.0692. The van der Waals surface area contributed by atoms with Crippen LogP contribution in [0.1, 0.15) is 10.4 Å². The highest BCUT2D eigenvalue weighted by Gasteiger charge is 2.11. The molecule has 0 radical (unpaired) electrons. The fraction of sp³-hybridized carbons (Fsp3) is 0. The average molecular weight is 251 g/mol. The zero-order chi connectivity index (χ0) is 12.4. The Hall–Kier alpha value is -1.87. The summed E-state index contributed by atoms with van der Waals surface area (Å²) in [4.78, 5) is 10.7. The summed E-state index contributed by atoms with van der Waals surface area (Å²) in [5.41, 5.74) is 0.999. The van der Waals surface area contributed by atoms with Crippen molar-refractivity contribution in [2.45, 2.75) is 0 Å². The third kappa shape index (κ3) is 2.45. The van der Waals surface area contributed by atoms with Crippen molar-refractivity contribution in [2.24, 2.45) is 0 Å². The molecular weight excluding hydrogens is 243 g/mol. The molecule has 2 nitrogen and oxygen atoms in total. The molecule has 0 atom stereocenters. The van der Waals surface area contributed by atoms with Crippen molar-refractivity contribution in [3.63, 3.8) is 0 Å². The Morgan fingerprint density at radius 2 is 1.82 bits per heavy atom.